The summed E-state index contributed by atoms with van der Waals surface area (Å²) < 4.78 is 5.46. The standard InChI is InChI=1S/C16H27N3O2S/c1-13(19-8-9-21-12-14(19)2)11-17-16(20)18(3)7-6-15-5-4-10-22-15/h4-5,10,13-14H,6-9,11-12H2,1-3H3,(H,17,20)/t13-,14-/m1/s1. The average Bonchev–Trinajstić information content (AvgIpc) is 3.03. The first-order valence-corrected chi connectivity index (χ1v) is 8.80. The summed E-state index contributed by atoms with van der Waals surface area (Å²) in [5, 5.41) is 5.11. The topological polar surface area (TPSA) is 44.8 Å². The third-order valence-electron chi connectivity index (χ3n) is 4.15. The molecule has 22 heavy (non-hydrogen) atoms. The number of morpholine rings is 1. The van der Waals surface area contributed by atoms with Crippen LogP contribution in [0.1, 0.15) is 18.7 Å². The second-order valence-electron chi connectivity index (χ2n) is 5.95. The first-order chi connectivity index (χ1) is 10.6. The smallest absolute Gasteiger partial charge is 0.317 e. The highest BCUT2D eigenvalue weighted by molar-refractivity contribution is 7.09. The molecule has 5 nitrogen and oxygen atoms in total. The third-order valence-corrected chi connectivity index (χ3v) is 5.09. The van der Waals surface area contributed by atoms with Gasteiger partial charge in [-0.25, -0.2) is 4.79 Å². The van der Waals surface area contributed by atoms with Crippen LogP contribution >= 0.6 is 11.3 Å². The molecule has 1 aliphatic heterocycles. The van der Waals surface area contributed by atoms with Crippen LogP contribution in [0.25, 0.3) is 0 Å². The van der Waals surface area contributed by atoms with Gasteiger partial charge in [-0.05, 0) is 31.7 Å². The Labute approximate surface area is 137 Å². The Bertz CT molecular complexity index is 452. The van der Waals surface area contributed by atoms with Crippen LogP contribution in [0, 0.1) is 0 Å². The van der Waals surface area contributed by atoms with Gasteiger partial charge in [0, 0.05) is 43.6 Å². The Morgan fingerprint density at radius 2 is 2.45 bits per heavy atom. The van der Waals surface area contributed by atoms with E-state index in [9.17, 15) is 4.79 Å². The van der Waals surface area contributed by atoms with Crippen molar-refractivity contribution in [2.45, 2.75) is 32.4 Å². The minimum Gasteiger partial charge on any atom is -0.379 e. The second-order valence-corrected chi connectivity index (χ2v) is 6.98. The van der Waals surface area contributed by atoms with Crippen molar-refractivity contribution in [3.05, 3.63) is 22.4 Å². The summed E-state index contributed by atoms with van der Waals surface area (Å²) in [4.78, 5) is 17.6. The van der Waals surface area contributed by atoms with Gasteiger partial charge in [0.2, 0.25) is 0 Å². The van der Waals surface area contributed by atoms with Crippen molar-refractivity contribution in [1.82, 2.24) is 15.1 Å². The van der Waals surface area contributed by atoms with Gasteiger partial charge in [-0.1, -0.05) is 6.07 Å². The predicted molar refractivity (Wildman–Crippen MR) is 90.5 cm³/mol. The first-order valence-electron chi connectivity index (χ1n) is 7.92. The maximum atomic E-state index is 12.1. The van der Waals surface area contributed by atoms with Crippen molar-refractivity contribution >= 4 is 17.4 Å². The zero-order valence-corrected chi connectivity index (χ0v) is 14.6. The molecule has 2 atom stereocenters. The van der Waals surface area contributed by atoms with Crippen molar-refractivity contribution in [2.24, 2.45) is 0 Å². The summed E-state index contributed by atoms with van der Waals surface area (Å²) in [7, 11) is 1.85. The van der Waals surface area contributed by atoms with Crippen molar-refractivity contribution in [3.63, 3.8) is 0 Å². The number of thiophene rings is 1. The summed E-state index contributed by atoms with van der Waals surface area (Å²) >= 11 is 1.74. The molecule has 1 saturated heterocycles. The van der Waals surface area contributed by atoms with E-state index < -0.39 is 0 Å². The van der Waals surface area contributed by atoms with E-state index >= 15 is 0 Å². The molecule has 0 spiro atoms. The molecule has 0 radical (unpaired) electrons. The summed E-state index contributed by atoms with van der Waals surface area (Å²) in [6, 6.07) is 4.90. The number of carbonyl (C=O) groups excluding carboxylic acids is 1. The molecule has 1 aromatic heterocycles. The van der Waals surface area contributed by atoms with Gasteiger partial charge in [0.25, 0.3) is 0 Å². The number of hydrogen-bond acceptors (Lipinski definition) is 4. The number of ether oxygens (including phenoxy) is 1. The Morgan fingerprint density at radius 3 is 3.14 bits per heavy atom. The number of urea groups is 1. The molecular weight excluding hydrogens is 298 g/mol. The van der Waals surface area contributed by atoms with E-state index in [2.05, 4.69) is 35.5 Å². The summed E-state index contributed by atoms with van der Waals surface area (Å²) in [5.41, 5.74) is 0. The van der Waals surface area contributed by atoms with Crippen LogP contribution in [0.2, 0.25) is 0 Å². The first kappa shape index (κ1) is 17.2. The zero-order valence-electron chi connectivity index (χ0n) is 13.7. The van der Waals surface area contributed by atoms with E-state index in [4.69, 9.17) is 4.74 Å². The molecular formula is C16H27N3O2S. The van der Waals surface area contributed by atoms with Crippen LogP contribution in [0.5, 0.6) is 0 Å². The lowest BCUT2D eigenvalue weighted by atomic mass is 10.2. The number of rotatable bonds is 6. The Morgan fingerprint density at radius 1 is 1.64 bits per heavy atom. The normalized spacial score (nSPS) is 20.6. The van der Waals surface area contributed by atoms with Gasteiger partial charge in [-0.2, -0.15) is 0 Å². The monoisotopic (exact) mass is 325 g/mol. The number of carbonyl (C=O) groups is 1. The SMILES string of the molecule is C[C@H](CNC(=O)N(C)CCc1cccs1)N1CCOC[C@H]1C. The Balaban J connectivity index is 1.69. The van der Waals surface area contributed by atoms with Gasteiger partial charge >= 0.3 is 6.03 Å². The maximum Gasteiger partial charge on any atom is 0.317 e. The lowest BCUT2D eigenvalue weighted by Crippen LogP contribution is -2.52. The molecule has 1 aliphatic rings. The van der Waals surface area contributed by atoms with Gasteiger partial charge in [0.05, 0.1) is 13.2 Å². The summed E-state index contributed by atoms with van der Waals surface area (Å²) in [6.45, 7) is 8.24. The Kier molecular flexibility index (Phi) is 6.67. The van der Waals surface area contributed by atoms with E-state index in [0.29, 0.717) is 18.6 Å². The van der Waals surface area contributed by atoms with E-state index in [1.54, 1.807) is 16.2 Å². The van der Waals surface area contributed by atoms with Crippen LogP contribution in [0.4, 0.5) is 4.79 Å². The molecule has 0 aromatic carbocycles. The maximum absolute atomic E-state index is 12.1. The number of amides is 2. The molecule has 0 aliphatic carbocycles. The highest BCUT2D eigenvalue weighted by Crippen LogP contribution is 2.11. The minimum absolute atomic E-state index is 0.00400. The van der Waals surface area contributed by atoms with Gasteiger partial charge in [0.1, 0.15) is 0 Å². The van der Waals surface area contributed by atoms with Crippen molar-refractivity contribution in [1.29, 1.82) is 0 Å². The lowest BCUT2D eigenvalue weighted by molar-refractivity contribution is -0.0177. The summed E-state index contributed by atoms with van der Waals surface area (Å²) in [5.74, 6) is 0. The minimum atomic E-state index is 0.00400. The largest absolute Gasteiger partial charge is 0.379 e. The van der Waals surface area contributed by atoms with Crippen molar-refractivity contribution < 1.29 is 9.53 Å². The van der Waals surface area contributed by atoms with Crippen LogP contribution < -0.4 is 5.32 Å². The molecule has 0 bridgehead atoms. The molecule has 2 amide bonds. The van der Waals surface area contributed by atoms with E-state index in [0.717, 1.165) is 32.7 Å². The molecule has 2 rings (SSSR count). The highest BCUT2D eigenvalue weighted by atomic mass is 32.1. The average molecular weight is 325 g/mol. The van der Waals surface area contributed by atoms with Crippen molar-refractivity contribution in [3.8, 4) is 0 Å². The van der Waals surface area contributed by atoms with Gasteiger partial charge in [-0.15, -0.1) is 11.3 Å². The predicted octanol–water partition coefficient (Wildman–Crippen LogP) is 2.04. The fourth-order valence-electron chi connectivity index (χ4n) is 2.72. The second kappa shape index (κ2) is 8.50. The molecule has 2 heterocycles. The molecule has 0 saturated carbocycles. The van der Waals surface area contributed by atoms with Crippen LogP contribution in [0.3, 0.4) is 0 Å². The molecule has 0 unspecified atom stereocenters. The number of nitrogens with one attached hydrogen (secondary N) is 1. The quantitative estimate of drug-likeness (QED) is 0.870. The number of likely N-dealkylation sites (N-methyl/N-ethyl adjacent to an activating group) is 1. The van der Waals surface area contributed by atoms with Crippen LogP contribution in [-0.4, -0.2) is 67.8 Å². The van der Waals surface area contributed by atoms with E-state index in [1.807, 2.05) is 13.1 Å². The Hall–Kier alpha value is -1.11. The fraction of sp³-hybridized carbons (Fsp3) is 0.688. The van der Waals surface area contributed by atoms with Crippen molar-refractivity contribution in [2.75, 3.05) is 39.9 Å². The van der Waals surface area contributed by atoms with Crippen LogP contribution in [0.15, 0.2) is 17.5 Å². The molecule has 1 aromatic rings. The van der Waals surface area contributed by atoms with Crippen LogP contribution in [-0.2, 0) is 11.2 Å². The highest BCUT2D eigenvalue weighted by Gasteiger charge is 2.24. The van der Waals surface area contributed by atoms with E-state index in [1.165, 1.54) is 4.88 Å². The van der Waals surface area contributed by atoms with Gasteiger partial charge in [0.15, 0.2) is 0 Å². The van der Waals surface area contributed by atoms with Gasteiger partial charge in [-0.3, -0.25) is 4.90 Å². The number of hydrogen-bond donors (Lipinski definition) is 1. The molecule has 124 valence electrons. The fourth-order valence-corrected chi connectivity index (χ4v) is 3.41. The third kappa shape index (κ3) is 4.97. The number of nitrogens with zero attached hydrogens (tertiary/aromatic N) is 2. The van der Waals surface area contributed by atoms with Gasteiger partial charge < -0.3 is 15.0 Å². The molecule has 6 heteroatoms. The lowest BCUT2D eigenvalue weighted by Gasteiger charge is -2.38. The molecule has 1 fully saturated rings. The van der Waals surface area contributed by atoms with E-state index in [-0.39, 0.29) is 6.03 Å². The zero-order chi connectivity index (χ0) is 15.9. The summed E-state index contributed by atoms with van der Waals surface area (Å²) in [6.07, 6.45) is 0.914. The molecule has 1 N–H and O–H groups in total.